The van der Waals surface area contributed by atoms with Crippen LogP contribution in [0.3, 0.4) is 0 Å². The smallest absolute Gasteiger partial charge is 0.312 e. The predicted octanol–water partition coefficient (Wildman–Crippen LogP) is 2.38. The van der Waals surface area contributed by atoms with Gasteiger partial charge in [0.15, 0.2) is 0 Å². The highest BCUT2D eigenvalue weighted by Gasteiger charge is 2.04. The number of rotatable bonds is 2. The van der Waals surface area contributed by atoms with Gasteiger partial charge in [0.05, 0.1) is 6.42 Å². The molecule has 3 nitrogen and oxygen atoms in total. The molecule has 2 rings (SSSR count). The zero-order valence-corrected chi connectivity index (χ0v) is 7.60. The van der Waals surface area contributed by atoms with Gasteiger partial charge >= 0.3 is 5.35 Å². The molecule has 62 valence electrons. The molecule has 2 aromatic heterocycles. The Bertz CT molecular complexity index is 357. The van der Waals surface area contributed by atoms with Crippen LogP contribution in [0.1, 0.15) is 11.5 Å². The van der Waals surface area contributed by atoms with Gasteiger partial charge in [0.2, 0.25) is 5.89 Å². The topological polar surface area (TPSA) is 38.9 Å². The van der Waals surface area contributed by atoms with Crippen LogP contribution in [0.4, 0.5) is 0 Å². The maximum atomic E-state index is 5.46. The number of hydrogen-bond acceptors (Lipinski definition) is 4. The number of nitrogens with zero attached hydrogens (tertiary/aromatic N) is 2. The van der Waals surface area contributed by atoms with Gasteiger partial charge in [-0.3, -0.25) is 0 Å². The second kappa shape index (κ2) is 3.25. The van der Waals surface area contributed by atoms with Gasteiger partial charge in [-0.05, 0) is 34.0 Å². The van der Waals surface area contributed by atoms with Gasteiger partial charge in [-0.25, -0.2) is 0 Å². The van der Waals surface area contributed by atoms with Crippen LogP contribution in [0.5, 0.6) is 0 Å². The third-order valence-corrected chi connectivity index (χ3v) is 2.26. The van der Waals surface area contributed by atoms with E-state index in [4.69, 9.17) is 16.0 Å². The largest absolute Gasteiger partial charge is 0.412 e. The first kappa shape index (κ1) is 7.76. The molecule has 0 saturated carbocycles. The fourth-order valence-corrected chi connectivity index (χ4v) is 1.67. The maximum absolute atomic E-state index is 5.46. The Morgan fingerprint density at radius 1 is 1.50 bits per heavy atom. The van der Waals surface area contributed by atoms with Crippen LogP contribution in [0.2, 0.25) is 5.35 Å². The molecule has 0 unspecified atom stereocenters. The lowest BCUT2D eigenvalue weighted by molar-refractivity contribution is 0.507. The summed E-state index contributed by atoms with van der Waals surface area (Å²) in [5, 5.41) is 11.4. The second-order valence-corrected chi connectivity index (χ2v) is 3.36. The minimum Gasteiger partial charge on any atom is -0.412 e. The fraction of sp³-hybridized carbons (Fsp3) is 0.143. The predicted molar refractivity (Wildman–Crippen MR) is 46.4 cm³/mol. The molecule has 2 heterocycles. The van der Waals surface area contributed by atoms with Crippen molar-refractivity contribution < 1.29 is 4.42 Å². The zero-order valence-electron chi connectivity index (χ0n) is 6.03. The molecular formula is C7H5ClN2OS. The third kappa shape index (κ3) is 1.65. The highest BCUT2D eigenvalue weighted by Crippen LogP contribution is 2.13. The molecule has 0 aliphatic carbocycles. The fourth-order valence-electron chi connectivity index (χ4n) is 0.872. The van der Waals surface area contributed by atoms with Crippen molar-refractivity contribution in [2.24, 2.45) is 0 Å². The summed E-state index contributed by atoms with van der Waals surface area (Å²) in [7, 11) is 0. The first-order valence-corrected chi connectivity index (χ1v) is 4.65. The molecule has 0 radical (unpaired) electrons. The lowest BCUT2D eigenvalue weighted by atomic mass is 10.2. The maximum Gasteiger partial charge on any atom is 0.312 e. The third-order valence-electron chi connectivity index (χ3n) is 1.38. The van der Waals surface area contributed by atoms with Crippen molar-refractivity contribution in [3.05, 3.63) is 33.6 Å². The van der Waals surface area contributed by atoms with E-state index in [9.17, 15) is 0 Å². The van der Waals surface area contributed by atoms with E-state index in [1.165, 1.54) is 5.56 Å². The molecule has 0 bridgehead atoms. The summed E-state index contributed by atoms with van der Waals surface area (Å²) in [5.74, 6) is 0.554. The summed E-state index contributed by atoms with van der Waals surface area (Å²) in [4.78, 5) is 0. The van der Waals surface area contributed by atoms with Crippen LogP contribution in [0.15, 0.2) is 21.2 Å². The summed E-state index contributed by atoms with van der Waals surface area (Å²) < 4.78 is 5.00. The van der Waals surface area contributed by atoms with E-state index in [2.05, 4.69) is 10.2 Å². The van der Waals surface area contributed by atoms with E-state index < -0.39 is 0 Å². The van der Waals surface area contributed by atoms with Crippen LogP contribution in [-0.2, 0) is 6.42 Å². The zero-order chi connectivity index (χ0) is 8.39. The van der Waals surface area contributed by atoms with E-state index >= 15 is 0 Å². The molecule has 0 aliphatic heterocycles. The molecule has 2 aromatic rings. The van der Waals surface area contributed by atoms with Crippen molar-refractivity contribution in [2.45, 2.75) is 6.42 Å². The Morgan fingerprint density at radius 3 is 3.00 bits per heavy atom. The Morgan fingerprint density at radius 2 is 2.42 bits per heavy atom. The molecule has 12 heavy (non-hydrogen) atoms. The summed E-state index contributed by atoms with van der Waals surface area (Å²) in [5.41, 5.74) is 1.17. The summed E-state index contributed by atoms with van der Waals surface area (Å²) in [6.45, 7) is 0. The molecule has 0 aromatic carbocycles. The molecule has 0 amide bonds. The van der Waals surface area contributed by atoms with Crippen LogP contribution < -0.4 is 0 Å². The lowest BCUT2D eigenvalue weighted by Gasteiger charge is -1.87. The Balaban J connectivity index is 2.14. The van der Waals surface area contributed by atoms with Gasteiger partial charge in [0, 0.05) is 0 Å². The first-order chi connectivity index (χ1) is 5.84. The Hall–Kier alpha value is -0.870. The minimum atomic E-state index is 0.0974. The summed E-state index contributed by atoms with van der Waals surface area (Å²) in [6.07, 6.45) is 0.656. The summed E-state index contributed by atoms with van der Waals surface area (Å²) in [6, 6.07) is 2.02. The van der Waals surface area contributed by atoms with Gasteiger partial charge in [-0.1, -0.05) is 5.10 Å². The monoisotopic (exact) mass is 200 g/mol. The van der Waals surface area contributed by atoms with E-state index in [1.54, 1.807) is 11.3 Å². The number of thiophene rings is 1. The van der Waals surface area contributed by atoms with E-state index in [0.717, 1.165) is 0 Å². The summed E-state index contributed by atoms with van der Waals surface area (Å²) >= 11 is 7.11. The lowest BCUT2D eigenvalue weighted by Crippen LogP contribution is -1.84. The average molecular weight is 201 g/mol. The highest BCUT2D eigenvalue weighted by molar-refractivity contribution is 7.07. The van der Waals surface area contributed by atoms with Gasteiger partial charge in [-0.2, -0.15) is 11.3 Å². The highest BCUT2D eigenvalue weighted by atomic mass is 35.5. The number of aromatic nitrogens is 2. The molecular weight excluding hydrogens is 196 g/mol. The van der Waals surface area contributed by atoms with Crippen molar-refractivity contribution in [2.75, 3.05) is 0 Å². The number of hydrogen-bond donors (Lipinski definition) is 0. The molecule has 0 fully saturated rings. The van der Waals surface area contributed by atoms with Gasteiger partial charge in [0.25, 0.3) is 0 Å². The van der Waals surface area contributed by atoms with Gasteiger partial charge in [0.1, 0.15) is 0 Å². The van der Waals surface area contributed by atoms with Crippen LogP contribution >= 0.6 is 22.9 Å². The van der Waals surface area contributed by atoms with Crippen molar-refractivity contribution in [3.63, 3.8) is 0 Å². The normalized spacial score (nSPS) is 10.4. The van der Waals surface area contributed by atoms with Crippen LogP contribution in [-0.4, -0.2) is 10.2 Å². The molecule has 0 N–H and O–H groups in total. The van der Waals surface area contributed by atoms with E-state index in [0.29, 0.717) is 12.3 Å². The average Bonchev–Trinajstić information content (AvgIpc) is 2.63. The standard InChI is InChI=1S/C7H5ClN2OS/c8-7-10-9-6(11-7)3-5-1-2-12-4-5/h1-2,4H,3H2. The van der Waals surface area contributed by atoms with Crippen molar-refractivity contribution in [1.82, 2.24) is 10.2 Å². The van der Waals surface area contributed by atoms with Crippen molar-refractivity contribution in [3.8, 4) is 0 Å². The SMILES string of the molecule is Clc1nnc(Cc2ccsc2)o1. The Kier molecular flexibility index (Phi) is 2.10. The van der Waals surface area contributed by atoms with Gasteiger partial charge < -0.3 is 4.42 Å². The molecule has 0 saturated heterocycles. The van der Waals surface area contributed by atoms with Gasteiger partial charge in [-0.15, -0.1) is 5.10 Å². The molecule has 0 spiro atoms. The van der Waals surface area contributed by atoms with Crippen LogP contribution in [0, 0.1) is 0 Å². The Labute approximate surface area is 78.0 Å². The number of halogens is 1. The quantitative estimate of drug-likeness (QED) is 0.747. The second-order valence-electron chi connectivity index (χ2n) is 2.26. The molecule has 0 aliphatic rings. The van der Waals surface area contributed by atoms with Crippen LogP contribution in [0.25, 0.3) is 0 Å². The molecule has 0 atom stereocenters. The van der Waals surface area contributed by atoms with E-state index in [1.807, 2.05) is 16.8 Å². The minimum absolute atomic E-state index is 0.0974. The first-order valence-electron chi connectivity index (χ1n) is 3.33. The molecule has 5 heteroatoms. The van der Waals surface area contributed by atoms with Crippen molar-refractivity contribution >= 4 is 22.9 Å². The van der Waals surface area contributed by atoms with E-state index in [-0.39, 0.29) is 5.35 Å². The van der Waals surface area contributed by atoms with Crippen molar-refractivity contribution in [1.29, 1.82) is 0 Å².